The van der Waals surface area contributed by atoms with Gasteiger partial charge >= 0.3 is 0 Å². The Labute approximate surface area is 91.2 Å². The molecule has 4 heteroatoms. The third-order valence-electron chi connectivity index (χ3n) is 2.80. The van der Waals surface area contributed by atoms with Gasteiger partial charge in [0.15, 0.2) is 0 Å². The average Bonchev–Trinajstić information content (AvgIpc) is 2.62. The first-order valence-electron chi connectivity index (χ1n) is 5.58. The third kappa shape index (κ3) is 3.80. The fourth-order valence-electron chi connectivity index (χ4n) is 1.74. The molecule has 1 N–H and O–H groups in total. The molecule has 0 radical (unpaired) electrons. The first-order chi connectivity index (χ1) is 7.00. The summed E-state index contributed by atoms with van der Waals surface area (Å²) in [7, 11) is 0. The van der Waals surface area contributed by atoms with Gasteiger partial charge in [0, 0.05) is 19.0 Å². The van der Waals surface area contributed by atoms with Gasteiger partial charge in [-0.3, -0.25) is 4.79 Å². The van der Waals surface area contributed by atoms with E-state index in [1.165, 1.54) is 0 Å². The number of rotatable bonds is 4. The van der Waals surface area contributed by atoms with Crippen LogP contribution < -0.4 is 0 Å². The number of amides is 1. The van der Waals surface area contributed by atoms with Crippen molar-refractivity contribution in [3.63, 3.8) is 0 Å². The van der Waals surface area contributed by atoms with Crippen LogP contribution >= 0.6 is 0 Å². The molecule has 2 atom stereocenters. The Balaban J connectivity index is 2.30. The molecule has 0 saturated carbocycles. The normalized spacial score (nSPS) is 23.5. The predicted octanol–water partition coefficient (Wildman–Crippen LogP) is 0.641. The summed E-state index contributed by atoms with van der Waals surface area (Å²) in [6.07, 6.45) is 0.656. The van der Waals surface area contributed by atoms with E-state index >= 15 is 0 Å². The van der Waals surface area contributed by atoms with Crippen molar-refractivity contribution >= 4 is 5.91 Å². The average molecular weight is 215 g/mol. The van der Waals surface area contributed by atoms with E-state index in [9.17, 15) is 9.90 Å². The Morgan fingerprint density at radius 2 is 2.20 bits per heavy atom. The minimum Gasteiger partial charge on any atom is -0.393 e. The number of aliphatic hydroxyl groups excluding tert-OH is 1. The highest BCUT2D eigenvalue weighted by molar-refractivity contribution is 5.77. The SMILES string of the molecule is CC(C)OCC(=O)N1CCC(C(C)O)C1. The molecule has 4 nitrogen and oxygen atoms in total. The maximum atomic E-state index is 11.6. The molecule has 15 heavy (non-hydrogen) atoms. The van der Waals surface area contributed by atoms with Gasteiger partial charge in [0.05, 0.1) is 12.2 Å². The van der Waals surface area contributed by atoms with Crippen molar-refractivity contribution < 1.29 is 14.6 Å². The number of carbonyl (C=O) groups is 1. The van der Waals surface area contributed by atoms with Crippen molar-refractivity contribution in [2.24, 2.45) is 5.92 Å². The van der Waals surface area contributed by atoms with Crippen LogP contribution in [0.5, 0.6) is 0 Å². The second-order valence-corrected chi connectivity index (χ2v) is 4.49. The van der Waals surface area contributed by atoms with Crippen LogP contribution in [0, 0.1) is 5.92 Å². The van der Waals surface area contributed by atoms with E-state index in [-0.39, 0.29) is 30.6 Å². The highest BCUT2D eigenvalue weighted by Crippen LogP contribution is 2.19. The molecule has 1 saturated heterocycles. The molecule has 0 aromatic rings. The minimum atomic E-state index is -0.325. The van der Waals surface area contributed by atoms with Crippen molar-refractivity contribution in [2.75, 3.05) is 19.7 Å². The third-order valence-corrected chi connectivity index (χ3v) is 2.80. The smallest absolute Gasteiger partial charge is 0.248 e. The standard InChI is InChI=1S/C11H21NO3/c1-8(2)15-7-11(14)12-5-4-10(6-12)9(3)13/h8-10,13H,4-7H2,1-3H3. The number of carbonyl (C=O) groups excluding carboxylic acids is 1. The lowest BCUT2D eigenvalue weighted by atomic mass is 10.0. The zero-order valence-electron chi connectivity index (χ0n) is 9.77. The van der Waals surface area contributed by atoms with Gasteiger partial charge in [0.2, 0.25) is 5.91 Å². The Morgan fingerprint density at radius 1 is 1.53 bits per heavy atom. The van der Waals surface area contributed by atoms with E-state index < -0.39 is 0 Å². The molecular weight excluding hydrogens is 194 g/mol. The summed E-state index contributed by atoms with van der Waals surface area (Å²) in [6, 6.07) is 0. The van der Waals surface area contributed by atoms with Crippen LogP contribution in [0.3, 0.4) is 0 Å². The summed E-state index contributed by atoms with van der Waals surface area (Å²) in [5.74, 6) is 0.264. The molecule has 0 bridgehead atoms. The molecule has 1 aliphatic heterocycles. The fraction of sp³-hybridized carbons (Fsp3) is 0.909. The number of aliphatic hydroxyl groups is 1. The maximum absolute atomic E-state index is 11.6. The van der Waals surface area contributed by atoms with E-state index in [1.807, 2.05) is 13.8 Å². The van der Waals surface area contributed by atoms with Crippen molar-refractivity contribution in [1.82, 2.24) is 4.90 Å². The number of hydrogen-bond donors (Lipinski definition) is 1. The second-order valence-electron chi connectivity index (χ2n) is 4.49. The first kappa shape index (κ1) is 12.5. The lowest BCUT2D eigenvalue weighted by Crippen LogP contribution is -2.33. The highest BCUT2D eigenvalue weighted by Gasteiger charge is 2.28. The Hall–Kier alpha value is -0.610. The molecule has 1 fully saturated rings. The summed E-state index contributed by atoms with van der Waals surface area (Å²) < 4.78 is 5.26. The van der Waals surface area contributed by atoms with Gasteiger partial charge in [-0.15, -0.1) is 0 Å². The summed E-state index contributed by atoms with van der Waals surface area (Å²) >= 11 is 0. The number of nitrogens with zero attached hydrogens (tertiary/aromatic N) is 1. The van der Waals surface area contributed by atoms with Crippen LogP contribution in [0.1, 0.15) is 27.2 Å². The van der Waals surface area contributed by atoms with Crippen LogP contribution in [0.15, 0.2) is 0 Å². The Kier molecular flexibility index (Phi) is 4.54. The fourth-order valence-corrected chi connectivity index (χ4v) is 1.74. The van der Waals surface area contributed by atoms with Crippen LogP contribution in [0.4, 0.5) is 0 Å². The van der Waals surface area contributed by atoms with Crippen LogP contribution in [0.2, 0.25) is 0 Å². The lowest BCUT2D eigenvalue weighted by Gasteiger charge is -2.18. The molecule has 0 aliphatic carbocycles. The van der Waals surface area contributed by atoms with Crippen LogP contribution in [-0.2, 0) is 9.53 Å². The summed E-state index contributed by atoms with van der Waals surface area (Å²) in [6.45, 7) is 7.17. The van der Waals surface area contributed by atoms with Crippen molar-refractivity contribution in [1.29, 1.82) is 0 Å². The van der Waals surface area contributed by atoms with E-state index in [1.54, 1.807) is 11.8 Å². The molecule has 0 spiro atoms. The topological polar surface area (TPSA) is 49.8 Å². The van der Waals surface area contributed by atoms with Gasteiger partial charge in [-0.2, -0.15) is 0 Å². The van der Waals surface area contributed by atoms with E-state index in [2.05, 4.69) is 0 Å². The molecule has 1 aliphatic rings. The molecule has 88 valence electrons. The van der Waals surface area contributed by atoms with Gasteiger partial charge in [0.1, 0.15) is 6.61 Å². The molecular formula is C11H21NO3. The largest absolute Gasteiger partial charge is 0.393 e. The van der Waals surface area contributed by atoms with E-state index in [0.29, 0.717) is 6.54 Å². The van der Waals surface area contributed by atoms with Gasteiger partial charge in [-0.25, -0.2) is 0 Å². The maximum Gasteiger partial charge on any atom is 0.248 e. The van der Waals surface area contributed by atoms with Crippen molar-refractivity contribution in [3.05, 3.63) is 0 Å². The molecule has 1 heterocycles. The second kappa shape index (κ2) is 5.47. The monoisotopic (exact) mass is 215 g/mol. The predicted molar refractivity (Wildman–Crippen MR) is 57.5 cm³/mol. The summed E-state index contributed by atoms with van der Waals surface area (Å²) in [4.78, 5) is 13.4. The number of hydrogen-bond acceptors (Lipinski definition) is 3. The van der Waals surface area contributed by atoms with E-state index in [0.717, 1.165) is 13.0 Å². The van der Waals surface area contributed by atoms with Gasteiger partial charge < -0.3 is 14.7 Å². The highest BCUT2D eigenvalue weighted by atomic mass is 16.5. The Bertz CT molecular complexity index is 216. The van der Waals surface area contributed by atoms with Crippen LogP contribution in [-0.4, -0.2) is 47.8 Å². The summed E-state index contributed by atoms with van der Waals surface area (Å²) in [5.41, 5.74) is 0. The van der Waals surface area contributed by atoms with Gasteiger partial charge in [-0.05, 0) is 27.2 Å². The quantitative estimate of drug-likeness (QED) is 0.748. The first-order valence-corrected chi connectivity index (χ1v) is 5.58. The minimum absolute atomic E-state index is 0.0341. The zero-order valence-corrected chi connectivity index (χ0v) is 9.77. The number of likely N-dealkylation sites (tertiary alicyclic amines) is 1. The van der Waals surface area contributed by atoms with Gasteiger partial charge in [0.25, 0.3) is 0 Å². The molecule has 1 amide bonds. The lowest BCUT2D eigenvalue weighted by molar-refractivity contribution is -0.136. The van der Waals surface area contributed by atoms with Crippen molar-refractivity contribution in [2.45, 2.75) is 39.4 Å². The molecule has 0 aromatic heterocycles. The molecule has 1 rings (SSSR count). The zero-order chi connectivity index (χ0) is 11.4. The van der Waals surface area contributed by atoms with E-state index in [4.69, 9.17) is 4.74 Å². The van der Waals surface area contributed by atoms with Gasteiger partial charge in [-0.1, -0.05) is 0 Å². The molecule has 0 aromatic carbocycles. The molecule has 2 unspecified atom stereocenters. The van der Waals surface area contributed by atoms with Crippen molar-refractivity contribution in [3.8, 4) is 0 Å². The number of ether oxygens (including phenoxy) is 1. The van der Waals surface area contributed by atoms with Crippen LogP contribution in [0.25, 0.3) is 0 Å². The summed E-state index contributed by atoms with van der Waals surface area (Å²) in [5, 5.41) is 9.40. The Morgan fingerprint density at radius 3 is 2.67 bits per heavy atom.